The van der Waals surface area contributed by atoms with Gasteiger partial charge >= 0.3 is 12.0 Å². The highest BCUT2D eigenvalue weighted by Gasteiger charge is 2.24. The maximum Gasteiger partial charge on any atom is 0.321 e. The maximum atomic E-state index is 12.8. The third kappa shape index (κ3) is 5.43. The first-order valence-electron chi connectivity index (χ1n) is 8.81. The minimum Gasteiger partial charge on any atom is -0.481 e. The van der Waals surface area contributed by atoms with Crippen molar-refractivity contribution >= 4 is 27.7 Å². The number of aliphatic carboxylic acids is 1. The predicted molar refractivity (Wildman–Crippen MR) is 104 cm³/mol. The fourth-order valence-corrected chi connectivity index (χ4v) is 4.17. The number of aryl methyl sites for hydroxylation is 1. The molecule has 0 fully saturated rings. The molecule has 0 aliphatic carbocycles. The molecule has 0 heterocycles. The predicted octanol–water partition coefficient (Wildman–Crippen LogP) is 2.52. The molecule has 0 spiro atoms. The van der Waals surface area contributed by atoms with E-state index in [1.165, 1.54) is 29.2 Å². The Labute approximate surface area is 161 Å². The lowest BCUT2D eigenvalue weighted by Gasteiger charge is -2.23. The molecular formula is C18H29N3O5S. The Bertz CT molecular complexity index is 803. The number of carboxylic acids is 1. The van der Waals surface area contributed by atoms with Crippen LogP contribution >= 0.6 is 0 Å². The summed E-state index contributed by atoms with van der Waals surface area (Å²) in [6.45, 7) is 9.36. The molecule has 1 atom stereocenters. The smallest absolute Gasteiger partial charge is 0.321 e. The fraction of sp³-hybridized carbons (Fsp3) is 0.556. The monoisotopic (exact) mass is 399 g/mol. The lowest BCUT2D eigenvalue weighted by molar-refractivity contribution is -0.141. The Morgan fingerprint density at radius 1 is 1.19 bits per heavy atom. The Kier molecular flexibility index (Phi) is 7.79. The zero-order chi connectivity index (χ0) is 20.9. The number of hydrogen-bond acceptors (Lipinski definition) is 4. The highest BCUT2D eigenvalue weighted by atomic mass is 32.2. The van der Waals surface area contributed by atoms with Crippen molar-refractivity contribution in [2.75, 3.05) is 32.0 Å². The molecule has 1 rings (SSSR count). The fourth-order valence-electron chi connectivity index (χ4n) is 2.60. The van der Waals surface area contributed by atoms with Crippen molar-refractivity contribution in [2.45, 2.75) is 39.5 Å². The van der Waals surface area contributed by atoms with Crippen LogP contribution in [0, 0.1) is 19.8 Å². The van der Waals surface area contributed by atoms with Gasteiger partial charge in [-0.1, -0.05) is 20.8 Å². The van der Waals surface area contributed by atoms with Crippen molar-refractivity contribution in [3.8, 4) is 0 Å². The average Bonchev–Trinajstić information content (AvgIpc) is 2.58. The van der Waals surface area contributed by atoms with Gasteiger partial charge in [0.05, 0.1) is 10.8 Å². The first-order valence-corrected chi connectivity index (χ1v) is 10.3. The number of anilines is 1. The third-order valence-corrected chi connectivity index (χ3v) is 6.57. The van der Waals surface area contributed by atoms with Gasteiger partial charge in [0.1, 0.15) is 0 Å². The average molecular weight is 400 g/mol. The minimum atomic E-state index is -3.66. The van der Waals surface area contributed by atoms with Gasteiger partial charge in [-0.25, -0.2) is 13.2 Å². The molecule has 1 aromatic rings. The zero-order valence-corrected chi connectivity index (χ0v) is 17.6. The first-order chi connectivity index (χ1) is 12.4. The molecule has 2 N–H and O–H groups in total. The summed E-state index contributed by atoms with van der Waals surface area (Å²) in [4.78, 5) is 24.7. The van der Waals surface area contributed by atoms with Gasteiger partial charge in [-0.15, -0.1) is 0 Å². The van der Waals surface area contributed by atoms with E-state index >= 15 is 0 Å². The standard InChI is InChI=1S/C18H29N3O5S/c1-7-21(8-2)27(25,26)15-9-12(3)14(5)16(10-15)19-18(24)20(6)11-13(4)17(22)23/h9-10,13H,7-8,11H2,1-6H3,(H,19,24)(H,22,23). The highest BCUT2D eigenvalue weighted by molar-refractivity contribution is 7.89. The Morgan fingerprint density at radius 3 is 2.22 bits per heavy atom. The number of benzene rings is 1. The second-order valence-electron chi connectivity index (χ2n) is 6.55. The summed E-state index contributed by atoms with van der Waals surface area (Å²) >= 11 is 0. The van der Waals surface area contributed by atoms with Crippen LogP contribution in [0.25, 0.3) is 0 Å². The van der Waals surface area contributed by atoms with Crippen LogP contribution in [0.4, 0.5) is 10.5 Å². The van der Waals surface area contributed by atoms with Crippen LogP contribution in [-0.4, -0.2) is 61.4 Å². The molecule has 0 aromatic heterocycles. The number of carbonyl (C=O) groups is 2. The first kappa shape index (κ1) is 22.9. The van der Waals surface area contributed by atoms with E-state index < -0.39 is 27.9 Å². The van der Waals surface area contributed by atoms with Crippen molar-refractivity contribution in [3.63, 3.8) is 0 Å². The zero-order valence-electron chi connectivity index (χ0n) is 16.7. The molecule has 0 radical (unpaired) electrons. The number of nitrogens with one attached hydrogen (secondary N) is 1. The van der Waals surface area contributed by atoms with Crippen LogP contribution in [0.15, 0.2) is 17.0 Å². The van der Waals surface area contributed by atoms with Gasteiger partial charge in [0, 0.05) is 32.4 Å². The molecule has 0 saturated heterocycles. The number of hydrogen-bond donors (Lipinski definition) is 2. The van der Waals surface area contributed by atoms with Gasteiger partial charge in [-0.2, -0.15) is 4.31 Å². The van der Waals surface area contributed by atoms with E-state index in [1.807, 2.05) is 0 Å². The number of urea groups is 1. The van der Waals surface area contributed by atoms with Crippen molar-refractivity contribution in [3.05, 3.63) is 23.3 Å². The van der Waals surface area contributed by atoms with Gasteiger partial charge in [0.2, 0.25) is 10.0 Å². The van der Waals surface area contributed by atoms with Gasteiger partial charge in [-0.05, 0) is 37.1 Å². The van der Waals surface area contributed by atoms with Crippen LogP contribution in [0.3, 0.4) is 0 Å². The van der Waals surface area contributed by atoms with Crippen molar-refractivity contribution in [1.82, 2.24) is 9.21 Å². The lowest BCUT2D eigenvalue weighted by atomic mass is 10.1. The van der Waals surface area contributed by atoms with Crippen LogP contribution < -0.4 is 5.32 Å². The second kappa shape index (κ2) is 9.18. The molecule has 2 amide bonds. The summed E-state index contributed by atoms with van der Waals surface area (Å²) in [7, 11) is -2.17. The van der Waals surface area contributed by atoms with E-state index in [1.54, 1.807) is 33.8 Å². The second-order valence-corrected chi connectivity index (χ2v) is 8.49. The topological polar surface area (TPSA) is 107 Å². The quantitative estimate of drug-likeness (QED) is 0.698. The van der Waals surface area contributed by atoms with Crippen LogP contribution in [0.2, 0.25) is 0 Å². The van der Waals surface area contributed by atoms with Crippen LogP contribution in [0.1, 0.15) is 31.9 Å². The number of carboxylic acid groups (broad SMARTS) is 1. The molecule has 27 heavy (non-hydrogen) atoms. The van der Waals surface area contributed by atoms with E-state index in [2.05, 4.69) is 5.32 Å². The summed E-state index contributed by atoms with van der Waals surface area (Å²) in [5.41, 5.74) is 1.88. The molecule has 1 aromatic carbocycles. The lowest BCUT2D eigenvalue weighted by Crippen LogP contribution is -2.37. The van der Waals surface area contributed by atoms with E-state index in [0.717, 1.165) is 11.1 Å². The minimum absolute atomic E-state index is 0.0383. The van der Waals surface area contributed by atoms with Gasteiger partial charge in [0.15, 0.2) is 0 Å². The van der Waals surface area contributed by atoms with E-state index in [-0.39, 0.29) is 11.4 Å². The molecular weight excluding hydrogens is 370 g/mol. The van der Waals surface area contributed by atoms with Gasteiger partial charge < -0.3 is 15.3 Å². The number of amides is 2. The Morgan fingerprint density at radius 2 is 1.74 bits per heavy atom. The van der Waals surface area contributed by atoms with E-state index in [4.69, 9.17) is 5.11 Å². The maximum absolute atomic E-state index is 12.8. The van der Waals surface area contributed by atoms with Crippen molar-refractivity contribution in [2.24, 2.45) is 5.92 Å². The largest absolute Gasteiger partial charge is 0.481 e. The van der Waals surface area contributed by atoms with Crippen LogP contribution in [0.5, 0.6) is 0 Å². The highest BCUT2D eigenvalue weighted by Crippen LogP contribution is 2.26. The normalized spacial score (nSPS) is 12.7. The van der Waals surface area contributed by atoms with E-state index in [0.29, 0.717) is 18.8 Å². The van der Waals surface area contributed by atoms with E-state index in [9.17, 15) is 18.0 Å². The summed E-state index contributed by atoms with van der Waals surface area (Å²) in [5, 5.41) is 11.7. The number of sulfonamides is 1. The van der Waals surface area contributed by atoms with Gasteiger partial charge in [0.25, 0.3) is 0 Å². The van der Waals surface area contributed by atoms with Crippen molar-refractivity contribution < 1.29 is 23.1 Å². The Hall–Kier alpha value is -2.13. The molecule has 0 aliphatic rings. The summed E-state index contributed by atoms with van der Waals surface area (Å²) in [6.07, 6.45) is 0. The van der Waals surface area contributed by atoms with Crippen molar-refractivity contribution in [1.29, 1.82) is 0 Å². The molecule has 0 bridgehead atoms. The Balaban J connectivity index is 3.17. The molecule has 152 valence electrons. The molecule has 0 saturated carbocycles. The number of rotatable bonds is 8. The molecule has 8 nitrogen and oxygen atoms in total. The SMILES string of the molecule is CCN(CC)S(=O)(=O)c1cc(C)c(C)c(NC(=O)N(C)CC(C)C(=O)O)c1. The number of nitrogens with zero attached hydrogens (tertiary/aromatic N) is 2. The summed E-state index contributed by atoms with van der Waals surface area (Å²) in [5.74, 6) is -1.70. The molecule has 1 unspecified atom stereocenters. The number of carbonyl (C=O) groups excluding carboxylic acids is 1. The third-order valence-electron chi connectivity index (χ3n) is 4.54. The molecule has 9 heteroatoms. The summed E-state index contributed by atoms with van der Waals surface area (Å²) < 4.78 is 26.9. The summed E-state index contributed by atoms with van der Waals surface area (Å²) in [6, 6.07) is 2.54. The molecule has 0 aliphatic heterocycles. The van der Waals surface area contributed by atoms with Gasteiger partial charge in [-0.3, -0.25) is 4.79 Å². The van der Waals surface area contributed by atoms with Crippen LogP contribution in [-0.2, 0) is 14.8 Å².